The van der Waals surface area contributed by atoms with E-state index in [-0.39, 0.29) is 23.2 Å². The quantitative estimate of drug-likeness (QED) is 0.676. The zero-order valence-electron chi connectivity index (χ0n) is 15.3. The van der Waals surface area contributed by atoms with Crippen molar-refractivity contribution in [2.45, 2.75) is 26.3 Å². The van der Waals surface area contributed by atoms with Gasteiger partial charge in [0.1, 0.15) is 15.6 Å². The van der Waals surface area contributed by atoms with E-state index in [1.807, 2.05) is 36.4 Å². The van der Waals surface area contributed by atoms with Crippen LogP contribution in [0.4, 0.5) is 0 Å². The Labute approximate surface area is 160 Å². The number of rotatable bonds is 6. The lowest BCUT2D eigenvalue weighted by Crippen LogP contribution is -2.28. The molecule has 0 aliphatic carbocycles. The second kappa shape index (κ2) is 7.75. The van der Waals surface area contributed by atoms with Crippen LogP contribution in [0.2, 0.25) is 0 Å². The number of carbonyl (C=O) groups is 2. The van der Waals surface area contributed by atoms with Crippen LogP contribution in [0.1, 0.15) is 38.9 Å². The van der Waals surface area contributed by atoms with Crippen molar-refractivity contribution in [2.75, 3.05) is 7.11 Å². The SMILES string of the molecule is COc1ccc2cccc(CC(=O)NC(C)c3nc(C)c(C(=O)O)s3)c2c1. The maximum Gasteiger partial charge on any atom is 0.347 e. The number of methoxy groups -OCH3 is 1. The van der Waals surface area contributed by atoms with Gasteiger partial charge in [0.15, 0.2) is 0 Å². The molecule has 140 valence electrons. The zero-order valence-corrected chi connectivity index (χ0v) is 16.1. The smallest absolute Gasteiger partial charge is 0.347 e. The monoisotopic (exact) mass is 384 g/mol. The summed E-state index contributed by atoms with van der Waals surface area (Å²) in [7, 11) is 1.61. The number of hydrogen-bond acceptors (Lipinski definition) is 5. The predicted octanol–water partition coefficient (Wildman–Crippen LogP) is 3.73. The highest BCUT2D eigenvalue weighted by Gasteiger charge is 2.19. The largest absolute Gasteiger partial charge is 0.497 e. The molecule has 3 aromatic rings. The number of amides is 1. The van der Waals surface area contributed by atoms with Crippen molar-refractivity contribution < 1.29 is 19.4 Å². The summed E-state index contributed by atoms with van der Waals surface area (Å²) >= 11 is 1.09. The summed E-state index contributed by atoms with van der Waals surface area (Å²) in [5.74, 6) is -0.412. The van der Waals surface area contributed by atoms with Crippen LogP contribution in [-0.4, -0.2) is 29.1 Å². The Bertz CT molecular complexity index is 1010. The molecule has 0 aliphatic heterocycles. The van der Waals surface area contributed by atoms with Crippen LogP contribution in [0.15, 0.2) is 36.4 Å². The van der Waals surface area contributed by atoms with Gasteiger partial charge in [-0.3, -0.25) is 4.79 Å². The molecule has 0 fully saturated rings. The number of nitrogens with zero attached hydrogens (tertiary/aromatic N) is 1. The van der Waals surface area contributed by atoms with Gasteiger partial charge in [0, 0.05) is 0 Å². The molecular formula is C20H20N2O4S. The third-order valence-electron chi connectivity index (χ3n) is 4.29. The van der Waals surface area contributed by atoms with Crippen molar-refractivity contribution in [3.63, 3.8) is 0 Å². The standard InChI is InChI=1S/C20H20N2O4S/c1-11-18(20(24)25)27-19(22-11)12(2)21-17(23)9-14-6-4-5-13-7-8-15(26-3)10-16(13)14/h4-8,10,12H,9H2,1-3H3,(H,21,23)(H,24,25). The molecule has 2 N–H and O–H groups in total. The average Bonchev–Trinajstić information content (AvgIpc) is 3.04. The highest BCUT2D eigenvalue weighted by molar-refractivity contribution is 7.13. The summed E-state index contributed by atoms with van der Waals surface area (Å²) in [6.45, 7) is 3.45. The molecule has 7 heteroatoms. The molecule has 0 bridgehead atoms. The Morgan fingerprint density at radius 3 is 2.74 bits per heavy atom. The van der Waals surface area contributed by atoms with Gasteiger partial charge < -0.3 is 15.2 Å². The molecule has 6 nitrogen and oxygen atoms in total. The normalized spacial score (nSPS) is 12.0. The van der Waals surface area contributed by atoms with Crippen LogP contribution in [0.25, 0.3) is 10.8 Å². The molecule has 27 heavy (non-hydrogen) atoms. The third kappa shape index (κ3) is 4.09. The fraction of sp³-hybridized carbons (Fsp3) is 0.250. The van der Waals surface area contributed by atoms with Crippen LogP contribution in [-0.2, 0) is 11.2 Å². The highest BCUT2D eigenvalue weighted by atomic mass is 32.1. The Morgan fingerprint density at radius 2 is 2.07 bits per heavy atom. The topological polar surface area (TPSA) is 88.5 Å². The minimum absolute atomic E-state index is 0.150. The van der Waals surface area contributed by atoms with Gasteiger partial charge in [-0.05, 0) is 42.3 Å². The molecule has 3 rings (SSSR count). The minimum Gasteiger partial charge on any atom is -0.497 e. The van der Waals surface area contributed by atoms with E-state index in [1.165, 1.54) is 0 Å². The molecule has 0 aliphatic rings. The van der Waals surface area contributed by atoms with Gasteiger partial charge in [-0.1, -0.05) is 24.3 Å². The predicted molar refractivity (Wildman–Crippen MR) is 105 cm³/mol. The van der Waals surface area contributed by atoms with Gasteiger partial charge in [-0.25, -0.2) is 9.78 Å². The molecule has 1 aromatic heterocycles. The molecule has 2 aromatic carbocycles. The molecule has 1 unspecified atom stereocenters. The van der Waals surface area contributed by atoms with Crippen molar-refractivity contribution in [1.82, 2.24) is 10.3 Å². The van der Waals surface area contributed by atoms with Gasteiger partial charge in [-0.15, -0.1) is 11.3 Å². The highest BCUT2D eigenvalue weighted by Crippen LogP contribution is 2.26. The molecular weight excluding hydrogens is 364 g/mol. The van der Waals surface area contributed by atoms with E-state index in [9.17, 15) is 9.59 Å². The second-order valence-electron chi connectivity index (χ2n) is 6.24. The number of carbonyl (C=O) groups excluding carboxylic acids is 1. The lowest BCUT2D eigenvalue weighted by Gasteiger charge is -2.13. The van der Waals surface area contributed by atoms with E-state index in [1.54, 1.807) is 21.0 Å². The summed E-state index contributed by atoms with van der Waals surface area (Å²) in [4.78, 5) is 28.2. The van der Waals surface area contributed by atoms with Crippen molar-refractivity contribution in [3.05, 3.63) is 57.5 Å². The molecule has 0 saturated heterocycles. The number of nitrogens with one attached hydrogen (secondary N) is 1. The number of aromatic nitrogens is 1. The number of aryl methyl sites for hydroxylation is 1. The Kier molecular flexibility index (Phi) is 5.41. The molecule has 1 heterocycles. The lowest BCUT2D eigenvalue weighted by molar-refractivity contribution is -0.121. The number of fused-ring (bicyclic) bond motifs is 1. The maximum absolute atomic E-state index is 12.5. The van der Waals surface area contributed by atoms with E-state index in [4.69, 9.17) is 9.84 Å². The van der Waals surface area contributed by atoms with Crippen LogP contribution in [0.3, 0.4) is 0 Å². The summed E-state index contributed by atoms with van der Waals surface area (Å²) in [6.07, 6.45) is 0.213. The first-order valence-electron chi connectivity index (χ1n) is 8.44. The van der Waals surface area contributed by atoms with E-state index in [0.717, 1.165) is 33.4 Å². The first kappa shape index (κ1) is 18.8. The molecule has 1 amide bonds. The number of ether oxygens (including phenoxy) is 1. The minimum atomic E-state index is -1.00. The fourth-order valence-electron chi connectivity index (χ4n) is 2.93. The second-order valence-corrected chi connectivity index (χ2v) is 7.27. The van der Waals surface area contributed by atoms with Crippen LogP contribution >= 0.6 is 11.3 Å². The zero-order chi connectivity index (χ0) is 19.6. The molecule has 1 atom stereocenters. The van der Waals surface area contributed by atoms with Crippen LogP contribution in [0.5, 0.6) is 5.75 Å². The van der Waals surface area contributed by atoms with E-state index in [0.29, 0.717) is 10.7 Å². The summed E-state index contributed by atoms with van der Waals surface area (Å²) < 4.78 is 5.28. The van der Waals surface area contributed by atoms with Crippen molar-refractivity contribution in [1.29, 1.82) is 0 Å². The van der Waals surface area contributed by atoms with Gasteiger partial charge in [0.2, 0.25) is 5.91 Å². The van der Waals surface area contributed by atoms with Gasteiger partial charge in [0.25, 0.3) is 0 Å². The average molecular weight is 384 g/mol. The Balaban J connectivity index is 1.77. The Hall–Kier alpha value is -2.93. The Morgan fingerprint density at radius 1 is 1.30 bits per heavy atom. The summed E-state index contributed by atoms with van der Waals surface area (Å²) in [6, 6.07) is 11.2. The first-order valence-corrected chi connectivity index (χ1v) is 9.26. The van der Waals surface area contributed by atoms with Gasteiger partial charge in [0.05, 0.1) is 25.3 Å². The van der Waals surface area contributed by atoms with E-state index in [2.05, 4.69) is 10.3 Å². The number of hydrogen-bond donors (Lipinski definition) is 2. The third-order valence-corrected chi connectivity index (χ3v) is 5.61. The fourth-order valence-corrected chi connectivity index (χ4v) is 3.83. The molecule has 0 saturated carbocycles. The van der Waals surface area contributed by atoms with E-state index < -0.39 is 5.97 Å². The van der Waals surface area contributed by atoms with E-state index >= 15 is 0 Å². The maximum atomic E-state index is 12.5. The summed E-state index contributed by atoms with van der Waals surface area (Å²) in [5.41, 5.74) is 1.36. The number of aromatic carboxylic acids is 1. The first-order chi connectivity index (χ1) is 12.9. The van der Waals surface area contributed by atoms with Crippen LogP contribution in [0, 0.1) is 6.92 Å². The van der Waals surface area contributed by atoms with Crippen molar-refractivity contribution in [3.8, 4) is 5.75 Å². The number of thiazole rings is 1. The number of carboxylic acids is 1. The van der Waals surface area contributed by atoms with Crippen molar-refractivity contribution >= 4 is 34.0 Å². The molecule has 0 spiro atoms. The molecule has 0 radical (unpaired) electrons. The summed E-state index contributed by atoms with van der Waals surface area (Å²) in [5, 5.41) is 14.6. The van der Waals surface area contributed by atoms with Crippen molar-refractivity contribution in [2.24, 2.45) is 0 Å². The lowest BCUT2D eigenvalue weighted by atomic mass is 10.0. The number of benzene rings is 2. The van der Waals surface area contributed by atoms with Gasteiger partial charge >= 0.3 is 5.97 Å². The van der Waals surface area contributed by atoms with Crippen LogP contribution < -0.4 is 10.1 Å². The van der Waals surface area contributed by atoms with Gasteiger partial charge in [-0.2, -0.15) is 0 Å². The number of carboxylic acid groups (broad SMARTS) is 1.